The average molecular weight is 989 g/mol. The first-order valence-electron chi connectivity index (χ1n) is 24.9. The highest BCUT2D eigenvalue weighted by Crippen LogP contribution is 2.40. The van der Waals surface area contributed by atoms with Crippen LogP contribution in [0.5, 0.6) is 0 Å². The summed E-state index contributed by atoms with van der Waals surface area (Å²) in [4.78, 5) is 89.1. The van der Waals surface area contributed by atoms with Gasteiger partial charge in [-0.15, -0.1) is 11.3 Å². The highest BCUT2D eigenvalue weighted by molar-refractivity contribution is 7.13. The van der Waals surface area contributed by atoms with Crippen molar-refractivity contribution in [2.75, 3.05) is 11.4 Å². The molecule has 7 atom stereocenters. The molecule has 1 saturated carbocycles. The van der Waals surface area contributed by atoms with E-state index in [0.29, 0.717) is 32.1 Å². The van der Waals surface area contributed by atoms with Gasteiger partial charge >= 0.3 is 0 Å². The Kier molecular flexibility index (Phi) is 15.7. The minimum Gasteiger partial charge on any atom is -0.391 e. The Hall–Kier alpha value is -6.01. The van der Waals surface area contributed by atoms with Crippen molar-refractivity contribution in [3.63, 3.8) is 0 Å². The number of aryl methyl sites for hydroxylation is 2. The number of aliphatic hydroxyl groups is 1. The molecule has 16 nitrogen and oxygen atoms in total. The van der Waals surface area contributed by atoms with Crippen molar-refractivity contribution in [2.24, 2.45) is 28.7 Å². The minimum atomic E-state index is -0.900. The van der Waals surface area contributed by atoms with Crippen LogP contribution in [-0.2, 0) is 65.9 Å². The number of para-hydroxylation sites is 1. The molecular weight excluding hydrogens is 921 g/mol. The molecule has 1 saturated heterocycles. The Morgan fingerprint density at radius 1 is 0.901 bits per heavy atom. The number of aliphatic hydroxyl groups excluding tert-OH is 1. The Morgan fingerprint density at radius 3 is 2.27 bits per heavy atom. The van der Waals surface area contributed by atoms with Crippen LogP contribution in [0, 0.1) is 24.2 Å². The van der Waals surface area contributed by atoms with Gasteiger partial charge < -0.3 is 42.2 Å². The summed E-state index contributed by atoms with van der Waals surface area (Å²) < 4.78 is 6.28. The molecule has 0 unspecified atom stereocenters. The van der Waals surface area contributed by atoms with Crippen molar-refractivity contribution in [2.45, 2.75) is 148 Å². The quantitative estimate of drug-likeness (QED) is 0.0823. The number of anilines is 1. The fraction of sp³-hybridized carbons (Fsp3) is 0.500. The molecule has 4 heterocycles. The number of benzene rings is 3. The maximum Gasteiger partial charge on any atom is 0.246 e. The zero-order valence-corrected chi connectivity index (χ0v) is 42.1. The highest BCUT2D eigenvalue weighted by atomic mass is 32.1. The maximum atomic E-state index is 14.2. The van der Waals surface area contributed by atoms with E-state index in [1.54, 1.807) is 16.2 Å². The van der Waals surface area contributed by atoms with Crippen molar-refractivity contribution in [1.82, 2.24) is 25.8 Å². The summed E-state index contributed by atoms with van der Waals surface area (Å²) in [5.41, 5.74) is 20.6. The number of aromatic nitrogens is 1. The smallest absolute Gasteiger partial charge is 0.246 e. The third-order valence-corrected chi connectivity index (χ3v) is 15.7. The number of thiazole rings is 1. The van der Waals surface area contributed by atoms with Crippen molar-refractivity contribution in [3.05, 3.63) is 106 Å². The summed E-state index contributed by atoms with van der Waals surface area (Å²) in [6.45, 7) is 9.99. The molecule has 71 heavy (non-hydrogen) atoms. The molecule has 1 aromatic heterocycles. The predicted molar refractivity (Wildman–Crippen MR) is 270 cm³/mol. The van der Waals surface area contributed by atoms with Crippen LogP contribution in [0.15, 0.2) is 72.2 Å². The number of rotatable bonds is 18. The van der Waals surface area contributed by atoms with Gasteiger partial charge in [0.1, 0.15) is 18.1 Å². The minimum absolute atomic E-state index is 0.00362. The van der Waals surface area contributed by atoms with Crippen LogP contribution in [0.25, 0.3) is 10.4 Å². The molecule has 4 aliphatic rings. The molecule has 378 valence electrons. The zero-order valence-electron chi connectivity index (χ0n) is 41.3. The molecule has 4 aromatic rings. The molecule has 8 rings (SSSR count). The van der Waals surface area contributed by atoms with Gasteiger partial charge in [0.25, 0.3) is 0 Å². The van der Waals surface area contributed by atoms with Crippen LogP contribution in [-0.4, -0.2) is 99.4 Å². The normalized spacial score (nSPS) is 22.9. The third-order valence-electron chi connectivity index (χ3n) is 14.7. The number of ether oxygens (including phenoxy) is 1. The number of hydrogen-bond donors (Lipinski definition) is 6. The van der Waals surface area contributed by atoms with E-state index in [1.165, 1.54) is 4.90 Å². The van der Waals surface area contributed by atoms with E-state index in [1.807, 2.05) is 107 Å². The number of nitrogens with zero attached hydrogens (tertiary/aromatic N) is 3. The largest absolute Gasteiger partial charge is 0.391 e. The SMILES string of the molecule is Cc1ncsc1-c1ccc(CNC(=O)[C@@H]2C[C@@H](O)CN2C(=O)[C@@H](NC(=O)C2CC(Cc3ccc(CO[C@H](C)[C@H](CCC(N)=O)NC(=O)[C@@H]4Cc5cccc6c5N4C(=O)[C@@H](N)CC6)cc3)C2)C(C)(C)C)cc1. The van der Waals surface area contributed by atoms with Crippen LogP contribution < -0.4 is 32.3 Å². The first-order chi connectivity index (χ1) is 33.8. The second kappa shape index (κ2) is 21.8. The number of likely N-dealkylation sites (tertiary alicyclic amines) is 1. The summed E-state index contributed by atoms with van der Waals surface area (Å²) in [6, 6.07) is 18.1. The van der Waals surface area contributed by atoms with Crippen LogP contribution in [0.1, 0.15) is 99.7 Å². The molecule has 0 spiro atoms. The Labute approximate surface area is 419 Å². The van der Waals surface area contributed by atoms with E-state index >= 15 is 0 Å². The number of amides is 6. The van der Waals surface area contributed by atoms with E-state index < -0.39 is 53.7 Å². The highest BCUT2D eigenvalue weighted by Gasteiger charge is 2.47. The molecule has 3 aromatic carbocycles. The van der Waals surface area contributed by atoms with Gasteiger partial charge in [-0.2, -0.15) is 0 Å². The molecule has 0 radical (unpaired) electrons. The molecule has 3 aliphatic heterocycles. The topological polar surface area (TPSA) is 239 Å². The van der Waals surface area contributed by atoms with Crippen molar-refractivity contribution in [1.29, 1.82) is 0 Å². The lowest BCUT2D eigenvalue weighted by molar-refractivity contribution is -0.145. The lowest BCUT2D eigenvalue weighted by Crippen LogP contribution is -2.59. The van der Waals surface area contributed by atoms with Crippen LogP contribution in [0.2, 0.25) is 0 Å². The summed E-state index contributed by atoms with van der Waals surface area (Å²) in [7, 11) is 0. The summed E-state index contributed by atoms with van der Waals surface area (Å²) in [5, 5.41) is 19.8. The van der Waals surface area contributed by atoms with Gasteiger partial charge in [-0.05, 0) is 97.1 Å². The maximum absolute atomic E-state index is 14.2. The van der Waals surface area contributed by atoms with E-state index in [0.717, 1.165) is 56.1 Å². The van der Waals surface area contributed by atoms with E-state index in [-0.39, 0.29) is 80.3 Å². The van der Waals surface area contributed by atoms with E-state index in [9.17, 15) is 33.9 Å². The third kappa shape index (κ3) is 11.9. The lowest BCUT2D eigenvalue weighted by Gasteiger charge is -2.39. The number of nitrogens with one attached hydrogen (secondary N) is 3. The van der Waals surface area contributed by atoms with Crippen LogP contribution in [0.4, 0.5) is 5.69 Å². The first kappa shape index (κ1) is 51.3. The molecule has 8 N–H and O–H groups in total. The molecule has 6 amide bonds. The van der Waals surface area contributed by atoms with Crippen molar-refractivity contribution in [3.8, 4) is 10.4 Å². The van der Waals surface area contributed by atoms with Crippen LogP contribution >= 0.6 is 11.3 Å². The van der Waals surface area contributed by atoms with Crippen LogP contribution in [0.3, 0.4) is 0 Å². The fourth-order valence-corrected chi connectivity index (χ4v) is 11.3. The van der Waals surface area contributed by atoms with E-state index in [2.05, 4.69) is 20.9 Å². The molecule has 2 fully saturated rings. The van der Waals surface area contributed by atoms with Crippen molar-refractivity contribution >= 4 is 52.5 Å². The van der Waals surface area contributed by atoms with Gasteiger partial charge in [-0.1, -0.05) is 87.5 Å². The number of nitrogens with two attached hydrogens (primary N) is 2. The van der Waals surface area contributed by atoms with Gasteiger partial charge in [-0.25, -0.2) is 4.98 Å². The zero-order chi connectivity index (χ0) is 50.7. The fourth-order valence-electron chi connectivity index (χ4n) is 10.5. The number of carbonyl (C=O) groups is 6. The van der Waals surface area contributed by atoms with Crippen molar-refractivity contribution < 1.29 is 38.6 Å². The average Bonchev–Trinajstić information content (AvgIpc) is 4.04. The Balaban J connectivity index is 0.803. The number of β-amino-alcohol motifs (C(OH)–C–C–N with tert-alkyl or cyclic N) is 1. The van der Waals surface area contributed by atoms with Gasteiger partial charge in [0, 0.05) is 38.3 Å². The number of hydrogen-bond acceptors (Lipinski definition) is 11. The standard InChI is InChI=1S/C54H68N8O8S/c1-30-47(71-29-58-30)37-15-13-33(14-16-37)26-57-50(66)43-25-40(63)27-61(43)53(69)48(54(3,4)5)60-49(65)39-22-35(23-39)21-32-9-11-34(12-10-32)28-70-31(2)42(19-20-45(56)64)59-51(67)44-24-38-8-6-7-36-17-18-41(55)52(68)62(44)46(36)38/h6-16,29,31,35,39-44,48,63H,17-28,55H2,1-5H3,(H2,56,64)(H,57,66)(H,59,67)(H,60,65)/t31-,35?,39?,40-,41+,42+,43+,44+,48-/m1/s1. The Bertz CT molecular complexity index is 2610. The van der Waals surface area contributed by atoms with Gasteiger partial charge in [0.05, 0.1) is 52.7 Å². The first-order valence-corrected chi connectivity index (χ1v) is 25.8. The summed E-state index contributed by atoms with van der Waals surface area (Å²) in [6.07, 6.45) is 2.71. The number of carbonyl (C=O) groups excluding carboxylic acids is 6. The van der Waals surface area contributed by atoms with Gasteiger partial charge in [0.15, 0.2) is 0 Å². The molecule has 17 heteroatoms. The lowest BCUT2D eigenvalue weighted by atomic mass is 9.71. The van der Waals surface area contributed by atoms with Gasteiger partial charge in [-0.3, -0.25) is 33.7 Å². The second-order valence-corrected chi connectivity index (χ2v) is 21.9. The summed E-state index contributed by atoms with van der Waals surface area (Å²) in [5.74, 6) is -2.01. The second-order valence-electron chi connectivity index (χ2n) is 21.1. The predicted octanol–water partition coefficient (Wildman–Crippen LogP) is 4.38. The monoisotopic (exact) mass is 988 g/mol. The number of primary amides is 1. The molecule has 1 aliphatic carbocycles. The molecule has 0 bridgehead atoms. The summed E-state index contributed by atoms with van der Waals surface area (Å²) >= 11 is 1.57. The molecular formula is C54H68N8O8S. The Morgan fingerprint density at radius 2 is 1.59 bits per heavy atom. The van der Waals surface area contributed by atoms with E-state index in [4.69, 9.17) is 16.2 Å². The van der Waals surface area contributed by atoms with Gasteiger partial charge in [0.2, 0.25) is 35.4 Å².